The van der Waals surface area contributed by atoms with Gasteiger partial charge in [-0.25, -0.2) is 4.79 Å². The van der Waals surface area contributed by atoms with Crippen LogP contribution in [0.4, 0.5) is 0 Å². The highest BCUT2D eigenvalue weighted by atomic mass is 16.4. The van der Waals surface area contributed by atoms with E-state index in [1.807, 2.05) is 19.2 Å². The van der Waals surface area contributed by atoms with E-state index < -0.39 is 60.2 Å². The van der Waals surface area contributed by atoms with Crippen molar-refractivity contribution in [2.24, 2.45) is 11.7 Å². The molecule has 0 fully saturated rings. The van der Waals surface area contributed by atoms with Crippen molar-refractivity contribution in [3.8, 4) is 0 Å². The first-order valence-corrected chi connectivity index (χ1v) is 8.46. The van der Waals surface area contributed by atoms with E-state index in [9.17, 15) is 24.0 Å². The van der Waals surface area contributed by atoms with Crippen LogP contribution in [0.15, 0.2) is 0 Å². The third-order valence-electron chi connectivity index (χ3n) is 3.56. The molecule has 0 aromatic rings. The van der Waals surface area contributed by atoms with Crippen LogP contribution >= 0.6 is 0 Å². The summed E-state index contributed by atoms with van der Waals surface area (Å²) in [6.07, 6.45) is -0.360. The smallest absolute Gasteiger partial charge is 0.326 e. The average Bonchev–Trinajstić information content (AvgIpc) is 2.52. The van der Waals surface area contributed by atoms with Crippen LogP contribution in [0.1, 0.15) is 40.5 Å². The predicted octanol–water partition coefficient (Wildman–Crippen LogP) is -1.59. The minimum absolute atomic E-state index is 0.201. The second kappa shape index (κ2) is 11.1. The van der Waals surface area contributed by atoms with Crippen LogP contribution in [0.25, 0.3) is 0 Å². The number of hydrogen-bond acceptors (Lipinski definition) is 6. The Morgan fingerprint density at radius 1 is 0.815 bits per heavy atom. The number of hydrogen-bond donors (Lipinski definition) is 6. The van der Waals surface area contributed by atoms with E-state index in [2.05, 4.69) is 10.6 Å². The molecule has 11 nitrogen and oxygen atoms in total. The van der Waals surface area contributed by atoms with E-state index >= 15 is 0 Å². The molecule has 3 amide bonds. The molecule has 0 bridgehead atoms. The molecular weight excluding hydrogens is 360 g/mol. The minimum atomic E-state index is -1.62. The van der Waals surface area contributed by atoms with Crippen LogP contribution in [0.2, 0.25) is 0 Å². The summed E-state index contributed by atoms with van der Waals surface area (Å²) in [5.74, 6) is -4.75. The van der Waals surface area contributed by atoms with Gasteiger partial charge in [-0.1, -0.05) is 13.8 Å². The fourth-order valence-corrected chi connectivity index (χ4v) is 2.08. The van der Waals surface area contributed by atoms with Gasteiger partial charge in [-0.05, 0) is 26.2 Å². The first kappa shape index (κ1) is 24.3. The van der Waals surface area contributed by atoms with Gasteiger partial charge in [0.2, 0.25) is 17.7 Å². The number of aliphatic carboxylic acids is 2. The van der Waals surface area contributed by atoms with Crippen molar-refractivity contribution < 1.29 is 34.2 Å². The van der Waals surface area contributed by atoms with Gasteiger partial charge < -0.3 is 31.9 Å². The zero-order valence-corrected chi connectivity index (χ0v) is 15.8. The Hall–Kier alpha value is -2.69. The Morgan fingerprint density at radius 3 is 1.67 bits per heavy atom. The Labute approximate surface area is 157 Å². The van der Waals surface area contributed by atoms with Gasteiger partial charge in [0.05, 0.1) is 12.5 Å². The highest BCUT2D eigenvalue weighted by Crippen LogP contribution is 2.03. The Morgan fingerprint density at radius 2 is 1.26 bits per heavy atom. The molecule has 11 heteroatoms. The van der Waals surface area contributed by atoms with Gasteiger partial charge in [0.1, 0.15) is 18.1 Å². The number of nitrogens with two attached hydrogens (primary N) is 1. The topological polar surface area (TPSA) is 188 Å². The molecule has 27 heavy (non-hydrogen) atoms. The van der Waals surface area contributed by atoms with Crippen molar-refractivity contribution in [1.82, 2.24) is 16.0 Å². The number of carboxylic acids is 2. The van der Waals surface area contributed by atoms with Crippen molar-refractivity contribution in [2.45, 2.75) is 64.7 Å². The summed E-state index contributed by atoms with van der Waals surface area (Å²) < 4.78 is 0. The van der Waals surface area contributed by atoms with Gasteiger partial charge >= 0.3 is 11.9 Å². The molecule has 0 aliphatic heterocycles. The zero-order valence-electron chi connectivity index (χ0n) is 15.8. The predicted molar refractivity (Wildman–Crippen MR) is 94.5 cm³/mol. The third-order valence-corrected chi connectivity index (χ3v) is 3.56. The minimum Gasteiger partial charge on any atom is -0.481 e. The molecule has 154 valence electrons. The van der Waals surface area contributed by atoms with E-state index in [4.69, 9.17) is 15.9 Å². The molecule has 0 aromatic heterocycles. The van der Waals surface area contributed by atoms with Gasteiger partial charge in [-0.15, -0.1) is 0 Å². The monoisotopic (exact) mass is 388 g/mol. The Balaban J connectivity index is 4.65. The zero-order chi connectivity index (χ0) is 21.3. The number of nitrogens with one attached hydrogen (secondary N) is 3. The van der Waals surface area contributed by atoms with E-state index in [-0.39, 0.29) is 5.92 Å². The maximum Gasteiger partial charge on any atom is 0.326 e. The summed E-state index contributed by atoms with van der Waals surface area (Å²) in [6.45, 7) is 6.51. The molecule has 4 atom stereocenters. The lowest BCUT2D eigenvalue weighted by molar-refractivity contribution is -0.147. The Kier molecular flexibility index (Phi) is 10.0. The summed E-state index contributed by atoms with van der Waals surface area (Å²) in [5.41, 5.74) is 5.73. The number of amides is 3. The quantitative estimate of drug-likeness (QED) is 0.244. The SMILES string of the molecule is CC(C)C[C@H](N)C(=O)N[C@@H](C)C(=O)N[C@@H](C)C(=O)N[C@@H](CC(=O)O)C(=O)O. The van der Waals surface area contributed by atoms with Crippen molar-refractivity contribution in [3.05, 3.63) is 0 Å². The molecule has 0 saturated carbocycles. The number of carbonyl (C=O) groups is 5. The molecule has 0 radical (unpaired) electrons. The second-order valence-corrected chi connectivity index (χ2v) is 6.69. The van der Waals surface area contributed by atoms with E-state index in [0.717, 1.165) is 0 Å². The first-order valence-electron chi connectivity index (χ1n) is 8.46. The van der Waals surface area contributed by atoms with Gasteiger partial charge in [0.25, 0.3) is 0 Å². The first-order chi connectivity index (χ1) is 12.3. The summed E-state index contributed by atoms with van der Waals surface area (Å²) in [5, 5.41) is 24.3. The molecule has 0 aromatic carbocycles. The van der Waals surface area contributed by atoms with Gasteiger partial charge in [-0.3, -0.25) is 19.2 Å². The molecule has 0 aliphatic carbocycles. The molecule has 0 aliphatic rings. The average molecular weight is 388 g/mol. The molecule has 7 N–H and O–H groups in total. The van der Waals surface area contributed by atoms with Crippen molar-refractivity contribution in [1.29, 1.82) is 0 Å². The summed E-state index contributed by atoms with van der Waals surface area (Å²) in [7, 11) is 0. The maximum atomic E-state index is 12.1. The van der Waals surface area contributed by atoms with Crippen LogP contribution in [-0.2, 0) is 24.0 Å². The molecule has 0 spiro atoms. The molecule has 0 unspecified atom stereocenters. The number of carbonyl (C=O) groups excluding carboxylic acids is 3. The lowest BCUT2D eigenvalue weighted by Gasteiger charge is -2.21. The Bertz CT molecular complexity index is 579. The summed E-state index contributed by atoms with van der Waals surface area (Å²) in [4.78, 5) is 57.5. The summed E-state index contributed by atoms with van der Waals surface area (Å²) >= 11 is 0. The van der Waals surface area contributed by atoms with E-state index in [1.54, 1.807) is 0 Å². The van der Waals surface area contributed by atoms with Crippen LogP contribution in [0, 0.1) is 5.92 Å². The molecule has 0 rings (SSSR count). The number of rotatable bonds is 11. The van der Waals surface area contributed by atoms with Crippen molar-refractivity contribution in [2.75, 3.05) is 0 Å². The largest absolute Gasteiger partial charge is 0.481 e. The van der Waals surface area contributed by atoms with E-state index in [1.165, 1.54) is 13.8 Å². The van der Waals surface area contributed by atoms with Crippen molar-refractivity contribution >= 4 is 29.7 Å². The summed E-state index contributed by atoms with van der Waals surface area (Å²) in [6, 6.07) is -4.51. The van der Waals surface area contributed by atoms with E-state index in [0.29, 0.717) is 6.42 Å². The fourth-order valence-electron chi connectivity index (χ4n) is 2.08. The number of carboxylic acid groups (broad SMARTS) is 2. The molecule has 0 saturated heterocycles. The van der Waals surface area contributed by atoms with Gasteiger partial charge in [-0.2, -0.15) is 0 Å². The molecule has 0 heterocycles. The molecular formula is C16H28N4O7. The highest BCUT2D eigenvalue weighted by Gasteiger charge is 2.27. The van der Waals surface area contributed by atoms with Gasteiger partial charge in [0.15, 0.2) is 0 Å². The standard InChI is InChI=1S/C16H28N4O7/c1-7(2)5-10(17)15(25)19-8(3)13(23)18-9(4)14(24)20-11(16(26)27)6-12(21)22/h7-11H,5-6,17H2,1-4H3,(H,18,23)(H,19,25)(H,20,24)(H,21,22)(H,26,27)/t8-,9-,10-,11-/m0/s1. The van der Waals surface area contributed by atoms with Crippen LogP contribution in [0.3, 0.4) is 0 Å². The second-order valence-electron chi connectivity index (χ2n) is 6.69. The van der Waals surface area contributed by atoms with Crippen LogP contribution < -0.4 is 21.7 Å². The van der Waals surface area contributed by atoms with Crippen LogP contribution in [-0.4, -0.2) is 64.0 Å². The normalized spacial score (nSPS) is 15.2. The highest BCUT2D eigenvalue weighted by molar-refractivity contribution is 5.94. The third kappa shape index (κ3) is 9.54. The fraction of sp³-hybridized carbons (Fsp3) is 0.688. The van der Waals surface area contributed by atoms with Crippen LogP contribution in [0.5, 0.6) is 0 Å². The lowest BCUT2D eigenvalue weighted by atomic mass is 10.0. The maximum absolute atomic E-state index is 12.1. The van der Waals surface area contributed by atoms with Gasteiger partial charge in [0, 0.05) is 0 Å². The van der Waals surface area contributed by atoms with Crippen molar-refractivity contribution in [3.63, 3.8) is 0 Å². The lowest BCUT2D eigenvalue weighted by Crippen LogP contribution is -2.55.